The van der Waals surface area contributed by atoms with Gasteiger partial charge in [-0.1, -0.05) is 64.0 Å². The molecule has 2 aliphatic carbocycles. The first kappa shape index (κ1) is 29.0. The van der Waals surface area contributed by atoms with Crippen LogP contribution in [0.3, 0.4) is 0 Å². The number of amides is 1. The van der Waals surface area contributed by atoms with E-state index in [2.05, 4.69) is 67.1 Å². The zero-order valence-corrected chi connectivity index (χ0v) is 24.9. The van der Waals surface area contributed by atoms with Gasteiger partial charge in [-0.3, -0.25) is 14.5 Å². The second-order valence-corrected chi connectivity index (χ2v) is 12.0. The number of fused-ring (bicyclic) bond motifs is 1. The van der Waals surface area contributed by atoms with Crippen molar-refractivity contribution in [2.24, 2.45) is 5.92 Å². The molecule has 2 fully saturated rings. The van der Waals surface area contributed by atoms with Crippen molar-refractivity contribution in [1.29, 1.82) is 0 Å². The van der Waals surface area contributed by atoms with Crippen molar-refractivity contribution in [3.8, 4) is 0 Å². The maximum absolute atomic E-state index is 12.7. The molecule has 8 nitrogen and oxygen atoms in total. The van der Waals surface area contributed by atoms with Crippen molar-refractivity contribution in [3.05, 3.63) is 65.4 Å². The van der Waals surface area contributed by atoms with E-state index in [1.807, 2.05) is 18.0 Å². The van der Waals surface area contributed by atoms with E-state index in [9.17, 15) is 9.59 Å². The third kappa shape index (κ3) is 5.67. The average molecular weight is 557 g/mol. The number of benzene rings is 1. The summed E-state index contributed by atoms with van der Waals surface area (Å²) in [6, 6.07) is 9.02. The Morgan fingerprint density at radius 3 is 2.32 bits per heavy atom. The van der Waals surface area contributed by atoms with Crippen LogP contribution >= 0.6 is 0 Å². The van der Waals surface area contributed by atoms with E-state index in [1.54, 1.807) is 6.08 Å². The van der Waals surface area contributed by atoms with Gasteiger partial charge in [0.05, 0.1) is 17.7 Å². The van der Waals surface area contributed by atoms with Gasteiger partial charge in [-0.25, -0.2) is 4.98 Å². The third-order valence-electron chi connectivity index (χ3n) is 9.24. The zero-order chi connectivity index (χ0) is 29.1. The van der Waals surface area contributed by atoms with Crippen LogP contribution in [0, 0.1) is 5.92 Å². The maximum Gasteiger partial charge on any atom is 0.246 e. The van der Waals surface area contributed by atoms with Gasteiger partial charge >= 0.3 is 0 Å². The second-order valence-electron chi connectivity index (χ2n) is 12.0. The maximum atomic E-state index is 12.7. The molecule has 1 saturated carbocycles. The smallest absolute Gasteiger partial charge is 0.246 e. The minimum Gasteiger partial charge on any atom is -0.372 e. The molecule has 2 aromatic rings. The molecule has 1 aromatic carbocycles. The van der Waals surface area contributed by atoms with Crippen LogP contribution in [0.15, 0.2) is 43.0 Å². The zero-order valence-electron chi connectivity index (χ0n) is 24.9. The molecule has 1 amide bonds. The van der Waals surface area contributed by atoms with Gasteiger partial charge in [0.15, 0.2) is 5.78 Å². The number of allylic oxidation sites excluding steroid dienone is 1. The molecule has 41 heavy (non-hydrogen) atoms. The lowest BCUT2D eigenvalue weighted by Gasteiger charge is -2.50. The van der Waals surface area contributed by atoms with E-state index < -0.39 is 0 Å². The lowest BCUT2D eigenvalue weighted by molar-refractivity contribution is -0.129. The van der Waals surface area contributed by atoms with Crippen LogP contribution in [0.4, 0.5) is 11.8 Å². The highest BCUT2D eigenvalue weighted by Gasteiger charge is 2.41. The van der Waals surface area contributed by atoms with Gasteiger partial charge in [-0.05, 0) is 55.0 Å². The van der Waals surface area contributed by atoms with Crippen molar-refractivity contribution in [1.82, 2.24) is 19.8 Å². The molecule has 218 valence electrons. The van der Waals surface area contributed by atoms with E-state index in [4.69, 9.17) is 9.97 Å². The minimum atomic E-state index is -0.274. The number of piperazine rings is 1. The quantitative estimate of drug-likeness (QED) is 0.414. The SMILES string of the molecule is C=CC(=O)N1CCN(C2(c3ccc([C@H](C)Nc4nc(NC)c5c(n4)C(C(C)C)C(=O)C=C5)cc3)CCCCC2)CC1. The lowest BCUT2D eigenvalue weighted by atomic mass is 9.74. The Bertz CT molecular complexity index is 1300. The fourth-order valence-corrected chi connectivity index (χ4v) is 6.96. The summed E-state index contributed by atoms with van der Waals surface area (Å²) in [4.78, 5) is 39.0. The molecule has 3 aliphatic rings. The first-order valence-electron chi connectivity index (χ1n) is 15.1. The molecule has 5 rings (SSSR count). The van der Waals surface area contributed by atoms with Crippen molar-refractivity contribution < 1.29 is 9.59 Å². The molecule has 2 N–H and O–H groups in total. The van der Waals surface area contributed by atoms with Gasteiger partial charge in [0.25, 0.3) is 0 Å². The number of nitrogens with one attached hydrogen (secondary N) is 2. The van der Waals surface area contributed by atoms with Crippen molar-refractivity contribution in [2.45, 2.75) is 70.4 Å². The van der Waals surface area contributed by atoms with Crippen LogP contribution in [-0.2, 0) is 15.1 Å². The summed E-state index contributed by atoms with van der Waals surface area (Å²) in [5.41, 5.74) is 4.22. The number of carbonyl (C=O) groups excluding carboxylic acids is 2. The number of ketones is 1. The van der Waals surface area contributed by atoms with Crippen molar-refractivity contribution in [3.63, 3.8) is 0 Å². The Balaban J connectivity index is 1.36. The fourth-order valence-electron chi connectivity index (χ4n) is 6.96. The van der Waals surface area contributed by atoms with Crippen molar-refractivity contribution >= 4 is 29.5 Å². The van der Waals surface area contributed by atoms with Gasteiger partial charge in [-0.2, -0.15) is 4.98 Å². The average Bonchev–Trinajstić information content (AvgIpc) is 3.00. The standard InChI is InChI=1S/C33H44N6O2/c1-6-28(41)38-18-20-39(21-19-38)33(16-8-7-9-17-33)25-12-10-24(11-13-25)23(4)35-32-36-30-26(31(34-5)37-32)14-15-27(40)29(30)22(2)3/h6,10-15,22-23,29H,1,7-9,16-21H2,2-5H3,(H2,34,35,36,37)/t23-,29?/m0/s1. The minimum absolute atomic E-state index is 0.0186. The largest absolute Gasteiger partial charge is 0.372 e. The number of aromatic nitrogens is 2. The van der Waals surface area contributed by atoms with Gasteiger partial charge < -0.3 is 15.5 Å². The predicted octanol–water partition coefficient (Wildman–Crippen LogP) is 5.52. The number of hydrogen-bond acceptors (Lipinski definition) is 7. The third-order valence-corrected chi connectivity index (χ3v) is 9.24. The van der Waals surface area contributed by atoms with Crippen LogP contribution in [0.25, 0.3) is 6.08 Å². The van der Waals surface area contributed by atoms with Gasteiger partial charge in [0, 0.05) is 44.3 Å². The van der Waals surface area contributed by atoms with E-state index in [0.29, 0.717) is 5.95 Å². The molecular weight excluding hydrogens is 512 g/mol. The lowest BCUT2D eigenvalue weighted by Crippen LogP contribution is -2.57. The molecule has 0 bridgehead atoms. The summed E-state index contributed by atoms with van der Waals surface area (Å²) < 4.78 is 0. The molecule has 0 radical (unpaired) electrons. The molecule has 2 heterocycles. The number of rotatable bonds is 8. The highest BCUT2D eigenvalue weighted by Crippen LogP contribution is 2.43. The predicted molar refractivity (Wildman–Crippen MR) is 165 cm³/mol. The number of hydrogen-bond donors (Lipinski definition) is 2. The summed E-state index contributed by atoms with van der Waals surface area (Å²) in [7, 11) is 1.85. The highest BCUT2D eigenvalue weighted by atomic mass is 16.2. The number of anilines is 2. The topological polar surface area (TPSA) is 90.5 Å². The first-order valence-corrected chi connectivity index (χ1v) is 15.1. The fraction of sp³-hybridized carbons (Fsp3) is 0.515. The number of nitrogens with zero attached hydrogens (tertiary/aromatic N) is 4. The Hall–Kier alpha value is -3.52. The molecule has 1 saturated heterocycles. The van der Waals surface area contributed by atoms with E-state index in [0.717, 1.165) is 61.7 Å². The van der Waals surface area contributed by atoms with E-state index >= 15 is 0 Å². The summed E-state index contributed by atoms with van der Waals surface area (Å²) in [5, 5.41) is 6.69. The number of carbonyl (C=O) groups is 2. The van der Waals surface area contributed by atoms with Crippen LogP contribution in [-0.4, -0.2) is 64.7 Å². The molecule has 2 atom stereocenters. The van der Waals surface area contributed by atoms with Crippen molar-refractivity contribution in [2.75, 3.05) is 43.9 Å². The molecule has 1 unspecified atom stereocenters. The highest BCUT2D eigenvalue weighted by molar-refractivity contribution is 6.02. The Morgan fingerprint density at radius 1 is 1.02 bits per heavy atom. The molecular formula is C33H44N6O2. The van der Waals surface area contributed by atoms with Gasteiger partial charge in [0.2, 0.25) is 11.9 Å². The van der Waals surface area contributed by atoms with Gasteiger partial charge in [-0.15, -0.1) is 0 Å². The molecule has 1 aromatic heterocycles. The van der Waals surface area contributed by atoms with Crippen LogP contribution in [0.2, 0.25) is 0 Å². The normalized spacial score (nSPS) is 21.3. The second kappa shape index (κ2) is 12.1. The van der Waals surface area contributed by atoms with E-state index in [-0.39, 0.29) is 35.1 Å². The summed E-state index contributed by atoms with van der Waals surface area (Å²) in [5.74, 6) is 1.23. The molecule has 8 heteroatoms. The first-order chi connectivity index (χ1) is 19.8. The van der Waals surface area contributed by atoms with Crippen LogP contribution < -0.4 is 10.6 Å². The van der Waals surface area contributed by atoms with Crippen LogP contribution in [0.5, 0.6) is 0 Å². The summed E-state index contributed by atoms with van der Waals surface area (Å²) in [6.07, 6.45) is 10.9. The monoisotopic (exact) mass is 556 g/mol. The summed E-state index contributed by atoms with van der Waals surface area (Å²) in [6.45, 7) is 13.2. The Morgan fingerprint density at radius 2 is 1.71 bits per heavy atom. The molecule has 1 aliphatic heterocycles. The van der Waals surface area contributed by atoms with Gasteiger partial charge in [0.1, 0.15) is 5.82 Å². The van der Waals surface area contributed by atoms with E-state index in [1.165, 1.54) is 30.9 Å². The Kier molecular flexibility index (Phi) is 8.59. The molecule has 0 spiro atoms. The Labute approximate surface area is 244 Å². The van der Waals surface area contributed by atoms with Crippen LogP contribution in [0.1, 0.15) is 87.2 Å². The summed E-state index contributed by atoms with van der Waals surface area (Å²) >= 11 is 0.